The molecule has 1 aliphatic carbocycles. The average molecular weight is 247 g/mol. The fourth-order valence-corrected chi connectivity index (χ4v) is 1.55. The quantitative estimate of drug-likeness (QED) is 0.813. The molecule has 3 nitrogen and oxygen atoms in total. The number of ketones is 1. The molecular weight excluding hydrogens is 226 g/mol. The molecule has 3 heteroatoms. The molecule has 1 N–H and O–H groups in total. The van der Waals surface area contributed by atoms with Gasteiger partial charge in [-0.15, -0.1) is 0 Å². The highest BCUT2D eigenvalue weighted by atomic mass is 16.5. The van der Waals surface area contributed by atoms with Crippen molar-refractivity contribution in [1.82, 2.24) is 5.32 Å². The normalized spacial score (nSPS) is 15.5. The topological polar surface area (TPSA) is 38.3 Å². The van der Waals surface area contributed by atoms with Gasteiger partial charge in [-0.3, -0.25) is 4.79 Å². The minimum Gasteiger partial charge on any atom is -0.490 e. The zero-order valence-corrected chi connectivity index (χ0v) is 11.3. The molecule has 1 aliphatic rings. The summed E-state index contributed by atoms with van der Waals surface area (Å²) in [7, 11) is 0. The van der Waals surface area contributed by atoms with E-state index in [0.717, 1.165) is 24.2 Å². The van der Waals surface area contributed by atoms with Crippen molar-refractivity contribution in [3.8, 4) is 5.75 Å². The van der Waals surface area contributed by atoms with Crippen molar-refractivity contribution in [2.45, 2.75) is 45.3 Å². The first kappa shape index (κ1) is 13.1. The van der Waals surface area contributed by atoms with Crippen molar-refractivity contribution < 1.29 is 9.53 Å². The van der Waals surface area contributed by atoms with E-state index in [-0.39, 0.29) is 11.3 Å². The van der Waals surface area contributed by atoms with Gasteiger partial charge in [0.2, 0.25) is 0 Å². The molecule has 0 aliphatic heterocycles. The fourth-order valence-electron chi connectivity index (χ4n) is 1.55. The summed E-state index contributed by atoms with van der Waals surface area (Å²) in [5.74, 6) is 0.973. The van der Waals surface area contributed by atoms with Gasteiger partial charge in [0, 0.05) is 11.1 Å². The Balaban J connectivity index is 1.89. The Labute approximate surface area is 109 Å². The van der Waals surface area contributed by atoms with Crippen LogP contribution < -0.4 is 10.1 Å². The maximum atomic E-state index is 11.9. The molecule has 0 spiro atoms. The maximum absolute atomic E-state index is 11.9. The van der Waals surface area contributed by atoms with Gasteiger partial charge < -0.3 is 10.1 Å². The molecular formula is C15H21NO2. The third kappa shape index (κ3) is 4.15. The first-order valence-corrected chi connectivity index (χ1v) is 6.49. The minimum atomic E-state index is -0.0370. The van der Waals surface area contributed by atoms with E-state index in [1.807, 2.05) is 45.0 Å². The second-order valence-corrected chi connectivity index (χ2v) is 5.87. The highest BCUT2D eigenvalue weighted by Crippen LogP contribution is 2.26. The van der Waals surface area contributed by atoms with Crippen LogP contribution in [-0.4, -0.2) is 24.0 Å². The molecule has 1 aromatic rings. The van der Waals surface area contributed by atoms with Crippen LogP contribution >= 0.6 is 0 Å². The zero-order chi connectivity index (χ0) is 13.2. The Hall–Kier alpha value is -1.35. The summed E-state index contributed by atoms with van der Waals surface area (Å²) in [6.45, 7) is 6.51. The second-order valence-electron chi connectivity index (χ2n) is 5.87. The van der Waals surface area contributed by atoms with Crippen LogP contribution in [0.3, 0.4) is 0 Å². The summed E-state index contributed by atoms with van der Waals surface area (Å²) in [6, 6.07) is 7.43. The number of Topliss-reactive ketones (excluding diaryl/α,β-unsaturated/α-hetero) is 1. The predicted molar refractivity (Wildman–Crippen MR) is 72.2 cm³/mol. The summed E-state index contributed by atoms with van der Waals surface area (Å²) in [5, 5.41) is 3.20. The molecule has 0 amide bonds. The Bertz CT molecular complexity index is 413. The number of carbonyl (C=O) groups is 1. The van der Waals surface area contributed by atoms with Gasteiger partial charge in [-0.25, -0.2) is 0 Å². The van der Waals surface area contributed by atoms with E-state index in [4.69, 9.17) is 4.74 Å². The molecule has 0 heterocycles. The van der Waals surface area contributed by atoms with Crippen LogP contribution in [0.15, 0.2) is 24.3 Å². The third-order valence-electron chi connectivity index (χ3n) is 2.78. The largest absolute Gasteiger partial charge is 0.490 e. The monoisotopic (exact) mass is 247 g/mol. The van der Waals surface area contributed by atoms with Gasteiger partial charge in [0.15, 0.2) is 5.78 Å². The third-order valence-corrected chi connectivity index (χ3v) is 2.78. The summed E-state index contributed by atoms with van der Waals surface area (Å²) >= 11 is 0. The summed E-state index contributed by atoms with van der Waals surface area (Å²) in [6.07, 6.45) is 2.70. The number of hydrogen-bond acceptors (Lipinski definition) is 3. The van der Waals surface area contributed by atoms with Gasteiger partial charge in [0.25, 0.3) is 0 Å². The van der Waals surface area contributed by atoms with Crippen LogP contribution in [0.2, 0.25) is 0 Å². The van der Waals surface area contributed by atoms with E-state index in [9.17, 15) is 4.79 Å². The van der Waals surface area contributed by atoms with E-state index in [1.165, 1.54) is 0 Å². The van der Waals surface area contributed by atoms with Gasteiger partial charge in [0.1, 0.15) is 5.75 Å². The van der Waals surface area contributed by atoms with Crippen LogP contribution in [0.4, 0.5) is 0 Å². The van der Waals surface area contributed by atoms with Crippen LogP contribution in [0.1, 0.15) is 44.0 Å². The SMILES string of the molecule is CC(C)(C)NCC(=O)c1ccc(OC2CC2)cc1. The molecule has 0 radical (unpaired) electrons. The van der Waals surface area contributed by atoms with E-state index >= 15 is 0 Å². The first-order valence-electron chi connectivity index (χ1n) is 6.49. The molecule has 1 saturated carbocycles. The van der Waals surface area contributed by atoms with Gasteiger partial charge >= 0.3 is 0 Å². The molecule has 0 bridgehead atoms. The van der Waals surface area contributed by atoms with E-state index < -0.39 is 0 Å². The molecule has 0 unspecified atom stereocenters. The number of carbonyl (C=O) groups excluding carboxylic acids is 1. The van der Waals surface area contributed by atoms with Crippen molar-refractivity contribution >= 4 is 5.78 Å². The first-order chi connectivity index (χ1) is 8.44. The fraction of sp³-hybridized carbons (Fsp3) is 0.533. The van der Waals surface area contributed by atoms with Gasteiger partial charge in [-0.05, 0) is 57.9 Å². The summed E-state index contributed by atoms with van der Waals surface area (Å²) in [5.41, 5.74) is 0.694. The van der Waals surface area contributed by atoms with Crippen LogP contribution in [-0.2, 0) is 0 Å². The Morgan fingerprint density at radius 2 is 1.89 bits per heavy atom. The number of ether oxygens (including phenoxy) is 1. The molecule has 1 fully saturated rings. The molecule has 1 aromatic carbocycles. The molecule has 2 rings (SSSR count). The lowest BCUT2D eigenvalue weighted by atomic mass is 10.1. The molecule has 18 heavy (non-hydrogen) atoms. The van der Waals surface area contributed by atoms with Crippen molar-refractivity contribution in [1.29, 1.82) is 0 Å². The van der Waals surface area contributed by atoms with Crippen molar-refractivity contribution in [2.75, 3.05) is 6.54 Å². The maximum Gasteiger partial charge on any atom is 0.176 e. The number of rotatable bonds is 5. The number of hydrogen-bond donors (Lipinski definition) is 1. The van der Waals surface area contributed by atoms with Crippen molar-refractivity contribution in [3.63, 3.8) is 0 Å². The van der Waals surface area contributed by atoms with E-state index in [1.54, 1.807) is 0 Å². The lowest BCUT2D eigenvalue weighted by Gasteiger charge is -2.19. The van der Waals surface area contributed by atoms with Crippen LogP contribution in [0, 0.1) is 0 Å². The zero-order valence-electron chi connectivity index (χ0n) is 11.3. The smallest absolute Gasteiger partial charge is 0.176 e. The predicted octanol–water partition coefficient (Wildman–Crippen LogP) is 2.80. The average Bonchev–Trinajstić information content (AvgIpc) is 3.10. The lowest BCUT2D eigenvalue weighted by molar-refractivity contribution is 0.0982. The minimum absolute atomic E-state index is 0.0370. The molecule has 0 saturated heterocycles. The molecule has 0 aromatic heterocycles. The lowest BCUT2D eigenvalue weighted by Crippen LogP contribution is -2.39. The Morgan fingerprint density at radius 1 is 1.28 bits per heavy atom. The highest BCUT2D eigenvalue weighted by Gasteiger charge is 2.23. The Kier molecular flexibility index (Phi) is 3.71. The van der Waals surface area contributed by atoms with Crippen LogP contribution in [0.25, 0.3) is 0 Å². The van der Waals surface area contributed by atoms with Gasteiger partial charge in [0.05, 0.1) is 12.6 Å². The summed E-state index contributed by atoms with van der Waals surface area (Å²) in [4.78, 5) is 11.9. The van der Waals surface area contributed by atoms with E-state index in [0.29, 0.717) is 12.6 Å². The van der Waals surface area contributed by atoms with Crippen molar-refractivity contribution in [2.24, 2.45) is 0 Å². The number of benzene rings is 1. The molecule has 98 valence electrons. The van der Waals surface area contributed by atoms with Crippen LogP contribution in [0.5, 0.6) is 5.75 Å². The Morgan fingerprint density at radius 3 is 2.39 bits per heavy atom. The second kappa shape index (κ2) is 5.11. The number of nitrogens with one attached hydrogen (secondary N) is 1. The van der Waals surface area contributed by atoms with Crippen molar-refractivity contribution in [3.05, 3.63) is 29.8 Å². The standard InChI is InChI=1S/C15H21NO2/c1-15(2,3)16-10-14(17)11-4-6-12(7-5-11)18-13-8-9-13/h4-7,13,16H,8-10H2,1-3H3. The van der Waals surface area contributed by atoms with Gasteiger partial charge in [-0.1, -0.05) is 0 Å². The summed E-state index contributed by atoms with van der Waals surface area (Å²) < 4.78 is 5.65. The highest BCUT2D eigenvalue weighted by molar-refractivity contribution is 5.97. The van der Waals surface area contributed by atoms with Gasteiger partial charge in [-0.2, -0.15) is 0 Å². The molecule has 0 atom stereocenters. The van der Waals surface area contributed by atoms with E-state index in [2.05, 4.69) is 5.32 Å².